The number of aromatic nitrogens is 2. The van der Waals surface area contributed by atoms with Gasteiger partial charge in [0.25, 0.3) is 0 Å². The van der Waals surface area contributed by atoms with Gasteiger partial charge in [-0.15, -0.1) is 0 Å². The van der Waals surface area contributed by atoms with E-state index in [2.05, 4.69) is 36.1 Å². The molecule has 1 heterocycles. The van der Waals surface area contributed by atoms with Gasteiger partial charge in [0.15, 0.2) is 0 Å². The van der Waals surface area contributed by atoms with E-state index in [4.69, 9.17) is 9.47 Å². The molecule has 0 amide bonds. The minimum absolute atomic E-state index is 0.105. The highest BCUT2D eigenvalue weighted by atomic mass is 16.5. The molecule has 1 aromatic heterocycles. The predicted octanol–water partition coefficient (Wildman–Crippen LogP) is 3.01. The number of methoxy groups -OCH3 is 1. The monoisotopic (exact) mass is 281 g/mol. The normalized spacial score (nSPS) is 11.8. The summed E-state index contributed by atoms with van der Waals surface area (Å²) >= 11 is 0. The molecular formula is C15H27N3O2. The molecular weight excluding hydrogens is 254 g/mol. The third-order valence-electron chi connectivity index (χ3n) is 2.66. The van der Waals surface area contributed by atoms with Gasteiger partial charge in [-0.1, -0.05) is 20.8 Å². The van der Waals surface area contributed by atoms with Crippen molar-refractivity contribution in [3.05, 3.63) is 11.9 Å². The number of hydrogen-bond donors (Lipinski definition) is 1. The Morgan fingerprint density at radius 2 is 1.95 bits per heavy atom. The van der Waals surface area contributed by atoms with Gasteiger partial charge in [-0.05, 0) is 20.3 Å². The van der Waals surface area contributed by atoms with Gasteiger partial charge in [0.1, 0.15) is 11.6 Å². The van der Waals surface area contributed by atoms with Crippen LogP contribution in [-0.2, 0) is 10.2 Å². The van der Waals surface area contributed by atoms with Crippen LogP contribution in [0.3, 0.4) is 0 Å². The van der Waals surface area contributed by atoms with Gasteiger partial charge >= 0.3 is 0 Å². The first-order valence-electron chi connectivity index (χ1n) is 7.12. The highest BCUT2D eigenvalue weighted by molar-refractivity contribution is 5.39. The van der Waals surface area contributed by atoms with Gasteiger partial charge in [-0.3, -0.25) is 0 Å². The molecule has 5 heteroatoms. The minimum atomic E-state index is -0.105. The van der Waals surface area contributed by atoms with Crippen molar-refractivity contribution in [2.45, 2.75) is 52.6 Å². The maximum Gasteiger partial charge on any atom is 0.218 e. The van der Waals surface area contributed by atoms with Crippen molar-refractivity contribution in [3.63, 3.8) is 0 Å². The Hall–Kier alpha value is -1.36. The molecule has 0 bridgehead atoms. The molecule has 0 unspecified atom stereocenters. The third-order valence-corrected chi connectivity index (χ3v) is 2.66. The van der Waals surface area contributed by atoms with Gasteiger partial charge in [-0.25, -0.2) is 4.98 Å². The predicted molar refractivity (Wildman–Crippen MR) is 81.5 cm³/mol. The zero-order chi connectivity index (χ0) is 15.2. The molecule has 0 aromatic carbocycles. The Kier molecular flexibility index (Phi) is 6.20. The summed E-state index contributed by atoms with van der Waals surface area (Å²) in [5.74, 6) is 2.16. The van der Waals surface area contributed by atoms with E-state index in [9.17, 15) is 0 Å². The molecule has 0 radical (unpaired) electrons. The van der Waals surface area contributed by atoms with E-state index >= 15 is 0 Å². The summed E-state index contributed by atoms with van der Waals surface area (Å²) in [5, 5.41) is 3.29. The third kappa shape index (κ3) is 5.74. The molecule has 0 aliphatic carbocycles. The summed E-state index contributed by atoms with van der Waals surface area (Å²) in [5.41, 5.74) is -0.105. The Morgan fingerprint density at radius 1 is 1.25 bits per heavy atom. The summed E-state index contributed by atoms with van der Waals surface area (Å²) in [4.78, 5) is 8.94. The lowest BCUT2D eigenvalue weighted by Crippen LogP contribution is -2.18. The molecule has 0 atom stereocenters. The zero-order valence-corrected chi connectivity index (χ0v) is 13.5. The summed E-state index contributed by atoms with van der Waals surface area (Å²) < 4.78 is 10.7. The molecule has 20 heavy (non-hydrogen) atoms. The molecule has 1 aromatic rings. The molecule has 1 rings (SSSR count). The first-order chi connectivity index (χ1) is 9.32. The topological polar surface area (TPSA) is 56.3 Å². The Balaban J connectivity index is 2.61. The fourth-order valence-electron chi connectivity index (χ4n) is 1.56. The largest absolute Gasteiger partial charge is 0.481 e. The molecule has 1 N–H and O–H groups in total. The number of nitrogens with one attached hydrogen (secondary N) is 1. The van der Waals surface area contributed by atoms with Crippen LogP contribution in [0.1, 0.15) is 46.9 Å². The highest BCUT2D eigenvalue weighted by Crippen LogP contribution is 2.23. The number of rotatable bonds is 7. The summed E-state index contributed by atoms with van der Waals surface area (Å²) in [7, 11) is 1.62. The standard InChI is InChI=1S/C15H27N3O2/c1-11(2)20-9-7-8-16-12-10-13(19-6)18-14(17-12)15(3,4)5/h10-11H,7-9H2,1-6H3,(H,16,17,18). The van der Waals surface area contributed by atoms with Crippen molar-refractivity contribution >= 4 is 5.82 Å². The van der Waals surface area contributed by atoms with Crippen LogP contribution in [0.5, 0.6) is 5.88 Å². The van der Waals surface area contributed by atoms with Crippen LogP contribution in [0.2, 0.25) is 0 Å². The van der Waals surface area contributed by atoms with Crippen LogP contribution in [0.25, 0.3) is 0 Å². The van der Waals surface area contributed by atoms with Crippen LogP contribution in [0, 0.1) is 0 Å². The minimum Gasteiger partial charge on any atom is -0.481 e. The smallest absolute Gasteiger partial charge is 0.218 e. The quantitative estimate of drug-likeness (QED) is 0.779. The van der Waals surface area contributed by atoms with E-state index in [1.807, 2.05) is 19.9 Å². The van der Waals surface area contributed by atoms with Crippen LogP contribution >= 0.6 is 0 Å². The lowest BCUT2D eigenvalue weighted by Gasteiger charge is -2.18. The maximum atomic E-state index is 5.51. The molecule has 0 fully saturated rings. The molecule has 0 aliphatic rings. The number of hydrogen-bond acceptors (Lipinski definition) is 5. The zero-order valence-electron chi connectivity index (χ0n) is 13.5. The van der Waals surface area contributed by atoms with E-state index in [0.29, 0.717) is 5.88 Å². The van der Waals surface area contributed by atoms with Crippen LogP contribution in [-0.4, -0.2) is 36.3 Å². The van der Waals surface area contributed by atoms with Crippen LogP contribution in [0.4, 0.5) is 5.82 Å². The summed E-state index contributed by atoms with van der Waals surface area (Å²) in [6, 6.07) is 1.82. The first-order valence-corrected chi connectivity index (χ1v) is 7.12. The average Bonchev–Trinajstić information content (AvgIpc) is 2.36. The molecule has 0 saturated heterocycles. The Bertz CT molecular complexity index is 414. The molecule has 5 nitrogen and oxygen atoms in total. The Morgan fingerprint density at radius 3 is 2.50 bits per heavy atom. The van der Waals surface area contributed by atoms with Crippen LogP contribution < -0.4 is 10.1 Å². The van der Waals surface area contributed by atoms with Crippen molar-refractivity contribution in [1.29, 1.82) is 0 Å². The molecule has 0 saturated carbocycles. The lowest BCUT2D eigenvalue weighted by atomic mass is 9.96. The first kappa shape index (κ1) is 16.7. The molecule has 0 spiro atoms. The molecule has 114 valence electrons. The van der Waals surface area contributed by atoms with Crippen molar-refractivity contribution in [1.82, 2.24) is 9.97 Å². The van der Waals surface area contributed by atoms with Gasteiger partial charge < -0.3 is 14.8 Å². The van der Waals surface area contributed by atoms with Gasteiger partial charge in [0, 0.05) is 24.6 Å². The SMILES string of the molecule is COc1cc(NCCCOC(C)C)nc(C(C)(C)C)n1. The van der Waals surface area contributed by atoms with Crippen molar-refractivity contribution in [2.75, 3.05) is 25.6 Å². The number of ether oxygens (including phenoxy) is 2. The average molecular weight is 281 g/mol. The molecule has 0 aliphatic heterocycles. The van der Waals surface area contributed by atoms with E-state index in [1.165, 1.54) is 0 Å². The lowest BCUT2D eigenvalue weighted by molar-refractivity contribution is 0.0787. The summed E-state index contributed by atoms with van der Waals surface area (Å²) in [6.45, 7) is 11.9. The van der Waals surface area contributed by atoms with Crippen LogP contribution in [0.15, 0.2) is 6.07 Å². The fraction of sp³-hybridized carbons (Fsp3) is 0.733. The van der Waals surface area contributed by atoms with E-state index in [1.54, 1.807) is 7.11 Å². The van der Waals surface area contributed by atoms with E-state index in [-0.39, 0.29) is 11.5 Å². The van der Waals surface area contributed by atoms with Gasteiger partial charge in [0.05, 0.1) is 13.2 Å². The van der Waals surface area contributed by atoms with Gasteiger partial charge in [-0.2, -0.15) is 4.98 Å². The second kappa shape index (κ2) is 7.43. The number of nitrogens with zero attached hydrogens (tertiary/aromatic N) is 2. The summed E-state index contributed by atoms with van der Waals surface area (Å²) in [6.07, 6.45) is 1.22. The highest BCUT2D eigenvalue weighted by Gasteiger charge is 2.19. The second-order valence-electron chi connectivity index (χ2n) is 6.07. The van der Waals surface area contributed by atoms with Crippen molar-refractivity contribution in [3.8, 4) is 5.88 Å². The second-order valence-corrected chi connectivity index (χ2v) is 6.07. The maximum absolute atomic E-state index is 5.51. The van der Waals surface area contributed by atoms with Crippen molar-refractivity contribution < 1.29 is 9.47 Å². The number of anilines is 1. The van der Waals surface area contributed by atoms with E-state index < -0.39 is 0 Å². The Labute approximate surface area is 122 Å². The fourth-order valence-corrected chi connectivity index (χ4v) is 1.56. The van der Waals surface area contributed by atoms with E-state index in [0.717, 1.165) is 31.2 Å². The van der Waals surface area contributed by atoms with Crippen molar-refractivity contribution in [2.24, 2.45) is 0 Å². The van der Waals surface area contributed by atoms with Gasteiger partial charge in [0.2, 0.25) is 5.88 Å².